The summed E-state index contributed by atoms with van der Waals surface area (Å²) in [4.78, 5) is 26.6. The van der Waals surface area contributed by atoms with Crippen molar-refractivity contribution in [2.75, 3.05) is 18.4 Å². The summed E-state index contributed by atoms with van der Waals surface area (Å²) in [7, 11) is 0. The van der Waals surface area contributed by atoms with Crippen molar-refractivity contribution in [2.45, 2.75) is 19.3 Å². The first-order chi connectivity index (χ1) is 13.6. The number of hydrogen-bond acceptors (Lipinski definition) is 5. The molecular weight excluding hydrogens is 356 g/mol. The van der Waals surface area contributed by atoms with Gasteiger partial charge in [0, 0.05) is 48.9 Å². The number of rotatable bonds is 9. The Bertz CT molecular complexity index is 952. The molecule has 0 fully saturated rings. The fraction of sp³-hybridized carbons (Fsp3) is 0.238. The molecule has 0 aliphatic heterocycles. The molecule has 1 aromatic heterocycles. The minimum atomic E-state index is -0.428. The van der Waals surface area contributed by atoms with E-state index in [1.54, 1.807) is 18.3 Å². The second-order valence-electron chi connectivity index (χ2n) is 6.43. The number of nitrogens with zero attached hydrogens (tertiary/aromatic N) is 2. The predicted molar refractivity (Wildman–Crippen MR) is 109 cm³/mol. The second kappa shape index (κ2) is 9.45. The van der Waals surface area contributed by atoms with Gasteiger partial charge in [-0.15, -0.1) is 0 Å². The molecule has 0 bridgehead atoms. The van der Waals surface area contributed by atoms with Crippen molar-refractivity contribution in [3.8, 4) is 0 Å². The number of para-hydroxylation sites is 1. The fourth-order valence-electron chi connectivity index (χ4n) is 2.98. The molecule has 28 heavy (non-hydrogen) atoms. The third-order valence-electron chi connectivity index (χ3n) is 4.42. The Balaban J connectivity index is 1.36. The number of hydrogen-bond donors (Lipinski definition) is 2. The van der Waals surface area contributed by atoms with Crippen LogP contribution in [0.4, 0.5) is 11.4 Å². The van der Waals surface area contributed by atoms with Crippen LogP contribution >= 0.6 is 0 Å². The van der Waals surface area contributed by atoms with Gasteiger partial charge in [-0.2, -0.15) is 0 Å². The van der Waals surface area contributed by atoms with Crippen molar-refractivity contribution in [2.24, 2.45) is 0 Å². The SMILES string of the molecule is O=C(CCCNc1ccc([N+](=O)[O-])cc1)NCCc1cccc2cccnc12. The molecule has 0 saturated carbocycles. The van der Waals surface area contributed by atoms with Gasteiger partial charge >= 0.3 is 0 Å². The molecule has 0 unspecified atom stereocenters. The first kappa shape index (κ1) is 19.3. The third-order valence-corrected chi connectivity index (χ3v) is 4.42. The highest BCUT2D eigenvalue weighted by Crippen LogP contribution is 2.16. The summed E-state index contributed by atoms with van der Waals surface area (Å²) in [5.74, 6) is 0.0127. The maximum absolute atomic E-state index is 12.0. The van der Waals surface area contributed by atoms with Crippen LogP contribution in [0.2, 0.25) is 0 Å². The van der Waals surface area contributed by atoms with Gasteiger partial charge in [-0.05, 0) is 36.6 Å². The fourth-order valence-corrected chi connectivity index (χ4v) is 2.98. The number of benzene rings is 2. The topological polar surface area (TPSA) is 97.2 Å². The van der Waals surface area contributed by atoms with Crippen molar-refractivity contribution in [3.05, 3.63) is 76.5 Å². The molecule has 7 nitrogen and oxygen atoms in total. The molecule has 0 aliphatic rings. The Morgan fingerprint density at radius 3 is 2.61 bits per heavy atom. The highest BCUT2D eigenvalue weighted by molar-refractivity contribution is 5.81. The van der Waals surface area contributed by atoms with E-state index in [0.717, 1.165) is 28.6 Å². The number of pyridine rings is 1. The lowest BCUT2D eigenvalue weighted by Gasteiger charge is -2.08. The summed E-state index contributed by atoms with van der Waals surface area (Å²) in [6.07, 6.45) is 3.62. The molecule has 0 radical (unpaired) electrons. The number of aromatic nitrogens is 1. The zero-order chi connectivity index (χ0) is 19.8. The second-order valence-corrected chi connectivity index (χ2v) is 6.43. The van der Waals surface area contributed by atoms with E-state index in [4.69, 9.17) is 0 Å². The quantitative estimate of drug-likeness (QED) is 0.336. The van der Waals surface area contributed by atoms with Crippen molar-refractivity contribution in [1.29, 1.82) is 0 Å². The standard InChI is InChI=1S/C21H22N4O3/c26-20(7-3-13-22-18-8-10-19(11-9-18)25(27)28)23-15-12-17-5-1-4-16-6-2-14-24-21(16)17/h1-2,4-6,8-11,14,22H,3,7,12-13,15H2,(H,23,26). The molecule has 1 heterocycles. The molecule has 2 aromatic carbocycles. The summed E-state index contributed by atoms with van der Waals surface area (Å²) in [6, 6.07) is 16.3. The summed E-state index contributed by atoms with van der Waals surface area (Å²) in [6.45, 7) is 1.20. The lowest BCUT2D eigenvalue weighted by Crippen LogP contribution is -2.26. The van der Waals surface area contributed by atoms with Gasteiger partial charge in [-0.1, -0.05) is 24.3 Å². The minimum absolute atomic E-state index is 0.0127. The van der Waals surface area contributed by atoms with E-state index >= 15 is 0 Å². The minimum Gasteiger partial charge on any atom is -0.385 e. The van der Waals surface area contributed by atoms with Gasteiger partial charge in [0.2, 0.25) is 5.91 Å². The lowest BCUT2D eigenvalue weighted by molar-refractivity contribution is -0.384. The Morgan fingerprint density at radius 2 is 1.82 bits per heavy atom. The normalized spacial score (nSPS) is 10.6. The Hall–Kier alpha value is -3.48. The monoisotopic (exact) mass is 378 g/mol. The molecule has 3 rings (SSSR count). The molecule has 0 aliphatic carbocycles. The molecule has 3 aromatic rings. The van der Waals surface area contributed by atoms with Gasteiger partial charge in [0.1, 0.15) is 0 Å². The average Bonchev–Trinajstić information content (AvgIpc) is 2.72. The van der Waals surface area contributed by atoms with Crippen molar-refractivity contribution >= 4 is 28.2 Å². The number of anilines is 1. The van der Waals surface area contributed by atoms with Gasteiger partial charge in [0.25, 0.3) is 5.69 Å². The van der Waals surface area contributed by atoms with Gasteiger partial charge < -0.3 is 10.6 Å². The molecule has 1 amide bonds. The van der Waals surface area contributed by atoms with Crippen LogP contribution in [0.1, 0.15) is 18.4 Å². The molecule has 0 saturated heterocycles. The summed E-state index contributed by atoms with van der Waals surface area (Å²) in [5.41, 5.74) is 2.96. The van der Waals surface area contributed by atoms with Gasteiger partial charge in [0.15, 0.2) is 0 Å². The number of nitro benzene ring substituents is 1. The van der Waals surface area contributed by atoms with E-state index in [1.807, 2.05) is 30.3 Å². The first-order valence-electron chi connectivity index (χ1n) is 9.21. The lowest BCUT2D eigenvalue weighted by atomic mass is 10.1. The van der Waals surface area contributed by atoms with E-state index in [1.165, 1.54) is 12.1 Å². The van der Waals surface area contributed by atoms with Gasteiger partial charge in [-0.25, -0.2) is 0 Å². The highest BCUT2D eigenvalue weighted by atomic mass is 16.6. The van der Waals surface area contributed by atoms with Crippen LogP contribution < -0.4 is 10.6 Å². The molecule has 0 spiro atoms. The number of non-ortho nitro benzene ring substituents is 1. The number of fused-ring (bicyclic) bond motifs is 1. The maximum atomic E-state index is 12.0. The number of nitrogens with one attached hydrogen (secondary N) is 2. The van der Waals surface area contributed by atoms with Crippen LogP contribution in [-0.4, -0.2) is 28.9 Å². The van der Waals surface area contributed by atoms with Crippen LogP contribution in [-0.2, 0) is 11.2 Å². The van der Waals surface area contributed by atoms with Crippen molar-refractivity contribution in [3.63, 3.8) is 0 Å². The summed E-state index contributed by atoms with van der Waals surface area (Å²) >= 11 is 0. The van der Waals surface area contributed by atoms with E-state index in [9.17, 15) is 14.9 Å². The number of nitro groups is 1. The first-order valence-corrected chi connectivity index (χ1v) is 9.21. The van der Waals surface area contributed by atoms with Gasteiger partial charge in [-0.3, -0.25) is 19.9 Å². The van der Waals surface area contributed by atoms with E-state index in [0.29, 0.717) is 25.9 Å². The zero-order valence-electron chi connectivity index (χ0n) is 15.4. The highest BCUT2D eigenvalue weighted by Gasteiger charge is 2.05. The largest absolute Gasteiger partial charge is 0.385 e. The van der Waals surface area contributed by atoms with Crippen LogP contribution in [0.5, 0.6) is 0 Å². The van der Waals surface area contributed by atoms with Crippen molar-refractivity contribution < 1.29 is 9.72 Å². The van der Waals surface area contributed by atoms with Crippen LogP contribution in [0, 0.1) is 10.1 Å². The average molecular weight is 378 g/mol. The predicted octanol–water partition coefficient (Wildman–Crippen LogP) is 3.69. The molecule has 0 atom stereocenters. The van der Waals surface area contributed by atoms with Crippen LogP contribution in [0.3, 0.4) is 0 Å². The number of amides is 1. The van der Waals surface area contributed by atoms with Crippen LogP contribution in [0.25, 0.3) is 10.9 Å². The maximum Gasteiger partial charge on any atom is 0.269 e. The Labute approximate surface area is 162 Å². The molecule has 7 heteroatoms. The smallest absolute Gasteiger partial charge is 0.269 e. The van der Waals surface area contributed by atoms with Gasteiger partial charge in [0.05, 0.1) is 10.4 Å². The zero-order valence-corrected chi connectivity index (χ0v) is 15.4. The molecule has 2 N–H and O–H groups in total. The number of carbonyl (C=O) groups excluding carboxylic acids is 1. The summed E-state index contributed by atoms with van der Waals surface area (Å²) < 4.78 is 0. The Morgan fingerprint density at radius 1 is 1.04 bits per heavy atom. The van der Waals surface area contributed by atoms with Crippen molar-refractivity contribution in [1.82, 2.24) is 10.3 Å². The summed E-state index contributed by atoms with van der Waals surface area (Å²) in [5, 5.41) is 17.8. The molecular formula is C21H22N4O3. The molecule has 144 valence electrons. The van der Waals surface area contributed by atoms with Crippen LogP contribution in [0.15, 0.2) is 60.8 Å². The third kappa shape index (κ3) is 5.26. The van der Waals surface area contributed by atoms with E-state index in [-0.39, 0.29) is 11.6 Å². The van der Waals surface area contributed by atoms with E-state index < -0.39 is 4.92 Å². The Kier molecular flexibility index (Phi) is 6.51. The van der Waals surface area contributed by atoms with E-state index in [2.05, 4.69) is 15.6 Å². The number of carbonyl (C=O) groups is 1.